The van der Waals surface area contributed by atoms with Crippen LogP contribution in [0.4, 0.5) is 11.5 Å². The van der Waals surface area contributed by atoms with E-state index in [9.17, 15) is 4.79 Å². The lowest BCUT2D eigenvalue weighted by Crippen LogP contribution is -2.17. The largest absolute Gasteiger partial charge is 0.394 e. The molecule has 18 heavy (non-hydrogen) atoms. The number of anilines is 2. The fourth-order valence-electron chi connectivity index (χ4n) is 1.62. The van der Waals surface area contributed by atoms with Crippen LogP contribution in [0, 0.1) is 0 Å². The van der Waals surface area contributed by atoms with Gasteiger partial charge in [-0.2, -0.15) is 5.10 Å². The van der Waals surface area contributed by atoms with Crippen molar-refractivity contribution in [1.29, 1.82) is 0 Å². The van der Waals surface area contributed by atoms with Crippen molar-refractivity contribution in [3.63, 3.8) is 0 Å². The number of aromatic nitrogens is 2. The van der Waals surface area contributed by atoms with Crippen molar-refractivity contribution >= 4 is 33.3 Å². The van der Waals surface area contributed by atoms with Gasteiger partial charge in [-0.1, -0.05) is 28.1 Å². The summed E-state index contributed by atoms with van der Waals surface area (Å²) in [6, 6.07) is 7.62. The summed E-state index contributed by atoms with van der Waals surface area (Å²) in [6.45, 7) is 0. The Balaban J connectivity index is 2.06. The Hall–Kier alpha value is -1.82. The number of nitrogens with zero attached hydrogens (tertiary/aromatic N) is 2. The minimum Gasteiger partial charge on any atom is -0.394 e. The maximum atomic E-state index is 11.9. The highest BCUT2D eigenvalue weighted by molar-refractivity contribution is 9.10. The van der Waals surface area contributed by atoms with Gasteiger partial charge in [0.15, 0.2) is 5.82 Å². The zero-order chi connectivity index (χ0) is 13.1. The first kappa shape index (κ1) is 12.6. The van der Waals surface area contributed by atoms with E-state index in [0.29, 0.717) is 17.9 Å². The minimum absolute atomic E-state index is 0.122. The summed E-state index contributed by atoms with van der Waals surface area (Å²) in [5, 5.41) is 6.71. The van der Waals surface area contributed by atoms with E-state index in [1.54, 1.807) is 7.05 Å². The van der Waals surface area contributed by atoms with Crippen LogP contribution in [0.5, 0.6) is 0 Å². The number of carbonyl (C=O) groups excluding carboxylic acids is 1. The number of amides is 1. The molecule has 3 N–H and O–H groups in total. The first-order valence-electron chi connectivity index (χ1n) is 5.38. The molecule has 0 aliphatic carbocycles. The lowest BCUT2D eigenvalue weighted by molar-refractivity contribution is -0.115. The molecule has 2 aromatic rings. The number of halogens is 1. The van der Waals surface area contributed by atoms with E-state index in [0.717, 1.165) is 10.0 Å². The van der Waals surface area contributed by atoms with Crippen LogP contribution in [0.1, 0.15) is 5.56 Å². The van der Waals surface area contributed by atoms with Crippen LogP contribution in [-0.4, -0.2) is 15.7 Å². The fourth-order valence-corrected chi connectivity index (χ4v) is 2.06. The van der Waals surface area contributed by atoms with Crippen molar-refractivity contribution in [1.82, 2.24) is 9.78 Å². The van der Waals surface area contributed by atoms with Crippen molar-refractivity contribution in [2.75, 3.05) is 11.1 Å². The van der Waals surface area contributed by atoms with Crippen LogP contribution in [0.25, 0.3) is 0 Å². The van der Waals surface area contributed by atoms with Crippen LogP contribution in [0.15, 0.2) is 34.9 Å². The number of rotatable bonds is 3. The third-order valence-electron chi connectivity index (χ3n) is 2.48. The molecule has 1 amide bonds. The van der Waals surface area contributed by atoms with Crippen molar-refractivity contribution in [3.8, 4) is 0 Å². The Kier molecular flexibility index (Phi) is 3.66. The molecule has 0 saturated carbocycles. The molecule has 0 aliphatic heterocycles. The van der Waals surface area contributed by atoms with Crippen molar-refractivity contribution in [3.05, 3.63) is 40.5 Å². The Labute approximate surface area is 113 Å². The smallest absolute Gasteiger partial charge is 0.229 e. The molecule has 0 aliphatic rings. The third-order valence-corrected chi connectivity index (χ3v) is 2.97. The predicted molar refractivity (Wildman–Crippen MR) is 74.1 cm³/mol. The van der Waals surface area contributed by atoms with Gasteiger partial charge in [-0.3, -0.25) is 9.48 Å². The first-order chi connectivity index (χ1) is 8.56. The number of nitrogens with two attached hydrogens (primary N) is 1. The van der Waals surface area contributed by atoms with Gasteiger partial charge in [0.25, 0.3) is 0 Å². The number of benzene rings is 1. The molecule has 0 fully saturated rings. The zero-order valence-electron chi connectivity index (χ0n) is 9.85. The van der Waals surface area contributed by atoms with Gasteiger partial charge in [0.1, 0.15) is 0 Å². The Morgan fingerprint density at radius 3 is 2.94 bits per heavy atom. The van der Waals surface area contributed by atoms with Gasteiger partial charge in [0, 0.05) is 11.5 Å². The Bertz CT molecular complexity index is 560. The molecule has 0 radical (unpaired) electrons. The van der Waals surface area contributed by atoms with E-state index in [2.05, 4.69) is 26.3 Å². The van der Waals surface area contributed by atoms with E-state index in [4.69, 9.17) is 5.73 Å². The molecule has 1 heterocycles. The van der Waals surface area contributed by atoms with Gasteiger partial charge in [-0.15, -0.1) is 0 Å². The molecule has 2 rings (SSSR count). The molecular formula is C12H13BrN4O. The van der Waals surface area contributed by atoms with Crippen LogP contribution in [-0.2, 0) is 18.3 Å². The molecule has 0 saturated heterocycles. The van der Waals surface area contributed by atoms with Gasteiger partial charge < -0.3 is 11.1 Å². The van der Waals surface area contributed by atoms with E-state index >= 15 is 0 Å². The van der Waals surface area contributed by atoms with E-state index in [1.165, 1.54) is 10.9 Å². The number of nitrogen functional groups attached to an aromatic ring is 1. The summed E-state index contributed by atoms with van der Waals surface area (Å²) in [7, 11) is 1.73. The summed E-state index contributed by atoms with van der Waals surface area (Å²) >= 11 is 3.37. The average molecular weight is 309 g/mol. The predicted octanol–water partition coefficient (Wildman–Crippen LogP) is 1.95. The highest BCUT2D eigenvalue weighted by Crippen LogP contribution is 2.17. The standard InChI is InChI=1S/C12H13BrN4O/c1-17-12(10(14)7-15-17)16-11(18)6-8-3-2-4-9(13)5-8/h2-5,7H,6,14H2,1H3,(H,16,18). The molecule has 6 heteroatoms. The van der Waals surface area contributed by atoms with E-state index in [1.807, 2.05) is 24.3 Å². The molecule has 0 unspecified atom stereocenters. The van der Waals surface area contributed by atoms with Gasteiger partial charge in [-0.05, 0) is 17.7 Å². The molecule has 0 spiro atoms. The average Bonchev–Trinajstić information content (AvgIpc) is 2.61. The number of hydrogen-bond acceptors (Lipinski definition) is 3. The van der Waals surface area contributed by atoms with Crippen LogP contribution < -0.4 is 11.1 Å². The second kappa shape index (κ2) is 5.22. The number of aryl methyl sites for hydroxylation is 1. The van der Waals surface area contributed by atoms with Gasteiger partial charge >= 0.3 is 0 Å². The molecular weight excluding hydrogens is 296 g/mol. The molecule has 5 nitrogen and oxygen atoms in total. The second-order valence-electron chi connectivity index (χ2n) is 3.93. The molecule has 94 valence electrons. The summed E-state index contributed by atoms with van der Waals surface area (Å²) in [5.74, 6) is 0.401. The van der Waals surface area contributed by atoms with Gasteiger partial charge in [0.2, 0.25) is 5.91 Å². The van der Waals surface area contributed by atoms with Crippen LogP contribution in [0.2, 0.25) is 0 Å². The quantitative estimate of drug-likeness (QED) is 0.910. The highest BCUT2D eigenvalue weighted by Gasteiger charge is 2.10. The third kappa shape index (κ3) is 2.89. The monoisotopic (exact) mass is 308 g/mol. The molecule has 0 atom stereocenters. The number of hydrogen-bond donors (Lipinski definition) is 2. The second-order valence-corrected chi connectivity index (χ2v) is 4.84. The lowest BCUT2D eigenvalue weighted by Gasteiger charge is -2.06. The topological polar surface area (TPSA) is 72.9 Å². The van der Waals surface area contributed by atoms with Gasteiger partial charge in [0.05, 0.1) is 18.3 Å². The van der Waals surface area contributed by atoms with Gasteiger partial charge in [-0.25, -0.2) is 0 Å². The highest BCUT2D eigenvalue weighted by atomic mass is 79.9. The maximum absolute atomic E-state index is 11.9. The fraction of sp³-hybridized carbons (Fsp3) is 0.167. The first-order valence-corrected chi connectivity index (χ1v) is 6.17. The molecule has 0 bridgehead atoms. The summed E-state index contributed by atoms with van der Waals surface area (Å²) in [6.07, 6.45) is 1.80. The Morgan fingerprint density at radius 2 is 2.33 bits per heavy atom. The zero-order valence-corrected chi connectivity index (χ0v) is 11.4. The van der Waals surface area contributed by atoms with Crippen molar-refractivity contribution in [2.45, 2.75) is 6.42 Å². The van der Waals surface area contributed by atoms with Crippen molar-refractivity contribution in [2.24, 2.45) is 7.05 Å². The van der Waals surface area contributed by atoms with E-state index in [-0.39, 0.29) is 5.91 Å². The molecule has 1 aromatic carbocycles. The summed E-state index contributed by atoms with van der Waals surface area (Å²) in [4.78, 5) is 11.9. The normalized spacial score (nSPS) is 10.3. The minimum atomic E-state index is -0.122. The molecule has 1 aromatic heterocycles. The van der Waals surface area contributed by atoms with E-state index < -0.39 is 0 Å². The summed E-state index contributed by atoms with van der Waals surface area (Å²) in [5.41, 5.74) is 7.09. The Morgan fingerprint density at radius 1 is 1.56 bits per heavy atom. The van der Waals surface area contributed by atoms with Crippen molar-refractivity contribution < 1.29 is 4.79 Å². The number of carbonyl (C=O) groups is 1. The lowest BCUT2D eigenvalue weighted by atomic mass is 10.1. The SMILES string of the molecule is Cn1ncc(N)c1NC(=O)Cc1cccc(Br)c1. The van der Waals surface area contributed by atoms with Crippen LogP contribution in [0.3, 0.4) is 0 Å². The number of nitrogens with one attached hydrogen (secondary N) is 1. The van der Waals surface area contributed by atoms with Crippen LogP contribution >= 0.6 is 15.9 Å². The summed E-state index contributed by atoms with van der Waals surface area (Å²) < 4.78 is 2.49. The maximum Gasteiger partial charge on any atom is 0.229 e.